The van der Waals surface area contributed by atoms with Gasteiger partial charge in [0.2, 0.25) is 0 Å². The van der Waals surface area contributed by atoms with Crippen LogP contribution in [0, 0.1) is 0 Å². The topological polar surface area (TPSA) is 53.7 Å². The van der Waals surface area contributed by atoms with Gasteiger partial charge in [-0.25, -0.2) is 0 Å². The van der Waals surface area contributed by atoms with Crippen LogP contribution in [0.2, 0.25) is 0 Å². The van der Waals surface area contributed by atoms with Gasteiger partial charge in [0.05, 0.1) is 12.8 Å². The van der Waals surface area contributed by atoms with Gasteiger partial charge < -0.3 is 19.9 Å². The van der Waals surface area contributed by atoms with Crippen LogP contribution in [0.4, 0.5) is 5.69 Å². The molecule has 0 atom stereocenters. The molecule has 2 aromatic carbocycles. The molecular formula is C18H21NO3. The van der Waals surface area contributed by atoms with Crippen molar-refractivity contribution in [1.82, 2.24) is 0 Å². The number of aryl methyl sites for hydroxylation is 2. The Kier molecular flexibility index (Phi) is 4.37. The van der Waals surface area contributed by atoms with E-state index in [9.17, 15) is 0 Å². The van der Waals surface area contributed by atoms with E-state index < -0.39 is 0 Å². The summed E-state index contributed by atoms with van der Waals surface area (Å²) in [4.78, 5) is 0. The molecule has 0 saturated carbocycles. The normalized spacial score (nSPS) is 12.8. The highest BCUT2D eigenvalue weighted by Gasteiger charge is 2.11. The van der Waals surface area contributed by atoms with E-state index in [0.29, 0.717) is 24.7 Å². The molecule has 3 rings (SSSR count). The minimum atomic E-state index is 0.452. The lowest BCUT2D eigenvalue weighted by Crippen LogP contribution is -2.10. The van der Waals surface area contributed by atoms with Crippen molar-refractivity contribution in [2.45, 2.75) is 19.3 Å². The molecule has 4 heteroatoms. The van der Waals surface area contributed by atoms with Crippen LogP contribution >= 0.6 is 0 Å². The van der Waals surface area contributed by atoms with E-state index in [0.717, 1.165) is 17.9 Å². The van der Waals surface area contributed by atoms with Crippen LogP contribution in [-0.2, 0) is 12.8 Å². The number of benzene rings is 2. The van der Waals surface area contributed by atoms with Crippen molar-refractivity contribution >= 4 is 5.69 Å². The molecule has 0 aliphatic heterocycles. The highest BCUT2D eigenvalue weighted by Crippen LogP contribution is 2.27. The monoisotopic (exact) mass is 299 g/mol. The lowest BCUT2D eigenvalue weighted by molar-refractivity contribution is 0.217. The molecule has 0 aromatic heterocycles. The lowest BCUT2D eigenvalue weighted by atomic mass is 10.1. The summed E-state index contributed by atoms with van der Waals surface area (Å²) in [7, 11) is 1.61. The minimum Gasteiger partial charge on any atom is -0.497 e. The van der Waals surface area contributed by atoms with Crippen LogP contribution in [-0.4, -0.2) is 20.3 Å². The molecule has 0 radical (unpaired) electrons. The first-order valence-corrected chi connectivity index (χ1v) is 7.57. The van der Waals surface area contributed by atoms with Gasteiger partial charge in [-0.3, -0.25) is 0 Å². The van der Waals surface area contributed by atoms with Gasteiger partial charge in [0.25, 0.3) is 0 Å². The summed E-state index contributed by atoms with van der Waals surface area (Å²) in [5, 5.41) is 0. The summed E-state index contributed by atoms with van der Waals surface area (Å²) in [6.07, 6.45) is 3.60. The van der Waals surface area contributed by atoms with Gasteiger partial charge in [0.1, 0.15) is 30.5 Å². The maximum atomic E-state index is 5.91. The zero-order chi connectivity index (χ0) is 15.4. The first-order chi connectivity index (χ1) is 10.8. The molecule has 0 bridgehead atoms. The highest BCUT2D eigenvalue weighted by atomic mass is 16.5. The van der Waals surface area contributed by atoms with Crippen molar-refractivity contribution in [3.63, 3.8) is 0 Å². The van der Waals surface area contributed by atoms with Crippen molar-refractivity contribution in [2.24, 2.45) is 0 Å². The average molecular weight is 299 g/mol. The van der Waals surface area contributed by atoms with Crippen LogP contribution in [0.1, 0.15) is 17.5 Å². The minimum absolute atomic E-state index is 0.452. The van der Waals surface area contributed by atoms with Crippen molar-refractivity contribution in [1.29, 1.82) is 0 Å². The summed E-state index contributed by atoms with van der Waals surface area (Å²) in [6.45, 7) is 0.942. The molecule has 4 nitrogen and oxygen atoms in total. The Morgan fingerprint density at radius 3 is 2.50 bits per heavy atom. The van der Waals surface area contributed by atoms with Crippen LogP contribution in [0.15, 0.2) is 36.4 Å². The Balaban J connectivity index is 1.49. The van der Waals surface area contributed by atoms with Gasteiger partial charge in [-0.1, -0.05) is 6.07 Å². The number of nitrogen functional groups attached to an aromatic ring is 1. The number of methoxy groups -OCH3 is 1. The SMILES string of the molecule is COc1ccc(OCCOc2ccc3c(c2)CCC3)c(N)c1. The maximum absolute atomic E-state index is 5.91. The van der Waals surface area contributed by atoms with Crippen molar-refractivity contribution < 1.29 is 14.2 Å². The zero-order valence-corrected chi connectivity index (χ0v) is 12.8. The second-order valence-corrected chi connectivity index (χ2v) is 5.38. The van der Waals surface area contributed by atoms with E-state index in [-0.39, 0.29) is 0 Å². The fraction of sp³-hybridized carbons (Fsp3) is 0.333. The van der Waals surface area contributed by atoms with Crippen molar-refractivity contribution in [3.05, 3.63) is 47.5 Å². The first-order valence-electron chi connectivity index (χ1n) is 7.57. The largest absolute Gasteiger partial charge is 0.497 e. The Bertz CT molecular complexity index is 655. The average Bonchev–Trinajstić information content (AvgIpc) is 3.00. The van der Waals surface area contributed by atoms with E-state index in [1.165, 1.54) is 24.0 Å². The zero-order valence-electron chi connectivity index (χ0n) is 12.8. The van der Waals surface area contributed by atoms with Gasteiger partial charge in [-0.15, -0.1) is 0 Å². The van der Waals surface area contributed by atoms with Crippen molar-refractivity contribution in [3.8, 4) is 17.2 Å². The Morgan fingerprint density at radius 2 is 1.68 bits per heavy atom. The second-order valence-electron chi connectivity index (χ2n) is 5.38. The summed E-state index contributed by atoms with van der Waals surface area (Å²) < 4.78 is 16.5. The lowest BCUT2D eigenvalue weighted by Gasteiger charge is -2.11. The molecule has 1 aliphatic carbocycles. The molecule has 22 heavy (non-hydrogen) atoms. The third kappa shape index (κ3) is 3.27. The van der Waals surface area contributed by atoms with Gasteiger partial charge >= 0.3 is 0 Å². The summed E-state index contributed by atoms with van der Waals surface area (Å²) >= 11 is 0. The number of rotatable bonds is 6. The molecule has 1 aliphatic rings. The summed E-state index contributed by atoms with van der Waals surface area (Å²) in [6, 6.07) is 11.7. The fourth-order valence-corrected chi connectivity index (χ4v) is 2.73. The maximum Gasteiger partial charge on any atom is 0.142 e. The van der Waals surface area contributed by atoms with Gasteiger partial charge in [-0.2, -0.15) is 0 Å². The third-order valence-electron chi connectivity index (χ3n) is 3.90. The predicted molar refractivity (Wildman–Crippen MR) is 86.9 cm³/mol. The molecule has 0 fully saturated rings. The molecule has 0 unspecified atom stereocenters. The van der Waals surface area contributed by atoms with E-state index >= 15 is 0 Å². The molecule has 2 N–H and O–H groups in total. The van der Waals surface area contributed by atoms with E-state index in [1.807, 2.05) is 18.2 Å². The quantitative estimate of drug-likeness (QED) is 0.657. The number of hydrogen-bond donors (Lipinski definition) is 1. The number of ether oxygens (including phenoxy) is 3. The third-order valence-corrected chi connectivity index (χ3v) is 3.90. The molecule has 0 heterocycles. The van der Waals surface area contributed by atoms with E-state index in [4.69, 9.17) is 19.9 Å². The second kappa shape index (κ2) is 6.60. The first kappa shape index (κ1) is 14.6. The standard InChI is InChI=1S/C18H21NO3/c1-20-15-7-8-18(17(19)12-15)22-10-9-21-16-6-5-13-3-2-4-14(13)11-16/h5-8,11-12H,2-4,9-10,19H2,1H3. The Morgan fingerprint density at radius 1 is 0.909 bits per heavy atom. The van der Waals surface area contributed by atoms with Gasteiger partial charge in [-0.05, 0) is 54.7 Å². The molecule has 0 amide bonds. The number of nitrogens with two attached hydrogens (primary N) is 1. The molecule has 0 spiro atoms. The van der Waals surface area contributed by atoms with Crippen LogP contribution in [0.25, 0.3) is 0 Å². The number of hydrogen-bond acceptors (Lipinski definition) is 4. The fourth-order valence-electron chi connectivity index (χ4n) is 2.73. The smallest absolute Gasteiger partial charge is 0.142 e. The highest BCUT2D eigenvalue weighted by molar-refractivity contribution is 5.56. The van der Waals surface area contributed by atoms with Crippen LogP contribution in [0.5, 0.6) is 17.2 Å². The predicted octanol–water partition coefficient (Wildman–Crippen LogP) is 3.22. The molecule has 116 valence electrons. The van der Waals surface area contributed by atoms with Crippen molar-refractivity contribution in [2.75, 3.05) is 26.1 Å². The Labute approximate surface area is 130 Å². The van der Waals surface area contributed by atoms with Crippen LogP contribution in [0.3, 0.4) is 0 Å². The van der Waals surface area contributed by atoms with E-state index in [1.54, 1.807) is 13.2 Å². The summed E-state index contributed by atoms with van der Waals surface area (Å²) in [5.74, 6) is 2.28. The number of fused-ring (bicyclic) bond motifs is 1. The molecule has 2 aromatic rings. The van der Waals surface area contributed by atoms with Gasteiger partial charge in [0, 0.05) is 6.07 Å². The molecule has 0 saturated heterocycles. The molecular weight excluding hydrogens is 278 g/mol. The van der Waals surface area contributed by atoms with Gasteiger partial charge in [0.15, 0.2) is 0 Å². The van der Waals surface area contributed by atoms with E-state index in [2.05, 4.69) is 12.1 Å². The number of anilines is 1. The van der Waals surface area contributed by atoms with Crippen LogP contribution < -0.4 is 19.9 Å². The summed E-state index contributed by atoms with van der Waals surface area (Å²) in [5.41, 5.74) is 9.34. The Hall–Kier alpha value is -2.36.